The zero-order valence-corrected chi connectivity index (χ0v) is 15.4. The molecule has 0 bridgehead atoms. The van der Waals surface area contributed by atoms with Crippen molar-refractivity contribution < 1.29 is 38.0 Å². The highest BCUT2D eigenvalue weighted by Gasteiger charge is 2.28. The predicted octanol–water partition coefficient (Wildman–Crippen LogP) is 4.40. The first kappa shape index (κ1) is 22.0. The third-order valence-electron chi connectivity index (χ3n) is 3.26. The number of ether oxygens (including phenoxy) is 6. The molecule has 0 aromatic heterocycles. The van der Waals surface area contributed by atoms with Gasteiger partial charge in [0.05, 0.1) is 12.5 Å². The molecule has 1 fully saturated rings. The Morgan fingerprint density at radius 1 is 0.846 bits per heavy atom. The van der Waals surface area contributed by atoms with Gasteiger partial charge < -0.3 is 28.4 Å². The lowest BCUT2D eigenvalue weighted by molar-refractivity contribution is -0.266. The Hall–Kier alpha value is -2.06. The van der Waals surface area contributed by atoms with Crippen LogP contribution in [0, 0.1) is 0 Å². The molecule has 0 aromatic carbocycles. The first-order chi connectivity index (χ1) is 12.7. The molecule has 0 amide bonds. The molecular weight excluding hydrogens is 344 g/mol. The molecule has 0 radical (unpaired) electrons. The predicted molar refractivity (Wildman–Crippen MR) is 91.9 cm³/mol. The molecule has 1 aliphatic heterocycles. The first-order valence-corrected chi connectivity index (χ1v) is 8.93. The summed E-state index contributed by atoms with van der Waals surface area (Å²) in [5.74, 6) is 0. The number of carbonyl (C=O) groups is 2. The Morgan fingerprint density at radius 2 is 1.27 bits per heavy atom. The van der Waals surface area contributed by atoms with Gasteiger partial charge in [-0.05, 0) is 37.8 Å². The van der Waals surface area contributed by atoms with Gasteiger partial charge in [-0.25, -0.2) is 9.59 Å². The molecule has 0 N–H and O–H groups in total. The van der Waals surface area contributed by atoms with E-state index in [-0.39, 0.29) is 13.2 Å². The maximum absolute atomic E-state index is 11.5. The van der Waals surface area contributed by atoms with Gasteiger partial charge in [-0.3, -0.25) is 0 Å². The van der Waals surface area contributed by atoms with E-state index in [1.54, 1.807) is 12.2 Å². The number of hydrogen-bond acceptors (Lipinski definition) is 8. The summed E-state index contributed by atoms with van der Waals surface area (Å²) in [6, 6.07) is 0. The Kier molecular flexibility index (Phi) is 12.0. The fraction of sp³-hybridized carbons (Fsp3) is 0.667. The minimum Gasteiger partial charge on any atom is -0.403 e. The Morgan fingerprint density at radius 3 is 1.62 bits per heavy atom. The van der Waals surface area contributed by atoms with E-state index in [4.69, 9.17) is 28.4 Å². The zero-order valence-electron chi connectivity index (χ0n) is 15.4. The third kappa shape index (κ3) is 10.7. The minimum absolute atomic E-state index is 0.0844. The lowest BCUT2D eigenvalue weighted by Crippen LogP contribution is -2.40. The molecule has 0 saturated carbocycles. The Bertz CT molecular complexity index is 410. The van der Waals surface area contributed by atoms with Gasteiger partial charge in [-0.15, -0.1) is 0 Å². The topological polar surface area (TPSA) is 89.5 Å². The number of carbonyl (C=O) groups excluding carboxylic acids is 2. The molecule has 1 saturated heterocycles. The highest BCUT2D eigenvalue weighted by molar-refractivity contribution is 5.61. The van der Waals surface area contributed by atoms with Gasteiger partial charge in [-0.1, -0.05) is 26.7 Å². The molecule has 1 rings (SSSR count). The molecule has 26 heavy (non-hydrogen) atoms. The van der Waals surface area contributed by atoms with E-state index in [2.05, 4.69) is 13.8 Å². The maximum atomic E-state index is 11.5. The van der Waals surface area contributed by atoms with Crippen LogP contribution in [0.5, 0.6) is 0 Å². The number of rotatable bonds is 10. The van der Waals surface area contributed by atoms with Gasteiger partial charge in [0, 0.05) is 0 Å². The highest BCUT2D eigenvalue weighted by atomic mass is 16.8. The Balaban J connectivity index is 2.14. The molecule has 0 spiro atoms. The summed E-state index contributed by atoms with van der Waals surface area (Å²) in [6.45, 7) is 3.98. The van der Waals surface area contributed by atoms with Crippen LogP contribution >= 0.6 is 0 Å². The van der Waals surface area contributed by atoms with Crippen LogP contribution in [0.4, 0.5) is 9.59 Å². The average molecular weight is 372 g/mol. The van der Waals surface area contributed by atoms with Crippen LogP contribution in [0.3, 0.4) is 0 Å². The van der Waals surface area contributed by atoms with Gasteiger partial charge in [0.15, 0.2) is 0 Å². The minimum atomic E-state index is -0.920. The molecule has 1 aliphatic rings. The molecule has 1 heterocycles. The third-order valence-corrected chi connectivity index (χ3v) is 3.26. The maximum Gasteiger partial charge on any atom is 0.515 e. The van der Waals surface area contributed by atoms with Crippen LogP contribution < -0.4 is 0 Å². The van der Waals surface area contributed by atoms with E-state index in [1.165, 1.54) is 12.5 Å². The van der Waals surface area contributed by atoms with Gasteiger partial charge in [0.2, 0.25) is 12.6 Å². The van der Waals surface area contributed by atoms with Crippen molar-refractivity contribution in [1.29, 1.82) is 0 Å². The smallest absolute Gasteiger partial charge is 0.403 e. The van der Waals surface area contributed by atoms with Crippen molar-refractivity contribution in [3.8, 4) is 0 Å². The molecule has 2 unspecified atom stereocenters. The summed E-state index contributed by atoms with van der Waals surface area (Å²) in [5, 5.41) is 0. The van der Waals surface area contributed by atoms with E-state index in [0.717, 1.165) is 38.5 Å². The first-order valence-electron chi connectivity index (χ1n) is 8.93. The second-order valence-corrected chi connectivity index (χ2v) is 5.53. The Labute approximate surface area is 154 Å². The van der Waals surface area contributed by atoms with E-state index in [0.29, 0.717) is 0 Å². The fourth-order valence-electron chi connectivity index (χ4n) is 1.86. The van der Waals surface area contributed by atoms with Crippen molar-refractivity contribution >= 4 is 12.3 Å². The van der Waals surface area contributed by atoms with Crippen molar-refractivity contribution in [3.63, 3.8) is 0 Å². The van der Waals surface area contributed by atoms with Crippen molar-refractivity contribution in [2.24, 2.45) is 0 Å². The number of allylic oxidation sites excluding steroid dienone is 2. The molecule has 0 aromatic rings. The SMILES string of the molecule is CCCCC=COC(=O)OC1COC(OC(=O)OC=CCCCC)CO1. The molecule has 2 atom stereocenters. The van der Waals surface area contributed by atoms with Gasteiger partial charge >= 0.3 is 12.3 Å². The molecule has 0 aliphatic carbocycles. The summed E-state index contributed by atoms with van der Waals surface area (Å²) >= 11 is 0. The molecular formula is C18H28O8. The van der Waals surface area contributed by atoms with Gasteiger partial charge in [-0.2, -0.15) is 0 Å². The summed E-state index contributed by atoms with van der Waals surface area (Å²) in [5.41, 5.74) is 0. The summed E-state index contributed by atoms with van der Waals surface area (Å²) in [6.07, 6.45) is 8.28. The molecule has 8 heteroatoms. The molecule has 148 valence electrons. The normalized spacial score (nSPS) is 20.2. The summed E-state index contributed by atoms with van der Waals surface area (Å²) in [7, 11) is 0. The lowest BCUT2D eigenvalue weighted by atomic mass is 10.2. The van der Waals surface area contributed by atoms with Crippen LogP contribution in [0.2, 0.25) is 0 Å². The monoisotopic (exact) mass is 372 g/mol. The average Bonchev–Trinajstić information content (AvgIpc) is 2.63. The summed E-state index contributed by atoms with van der Waals surface area (Å²) < 4.78 is 29.8. The number of unbranched alkanes of at least 4 members (excludes halogenated alkanes) is 4. The second-order valence-electron chi connectivity index (χ2n) is 5.53. The van der Waals surface area contributed by atoms with Crippen molar-refractivity contribution in [2.45, 2.75) is 65.0 Å². The van der Waals surface area contributed by atoms with Crippen molar-refractivity contribution in [3.05, 3.63) is 24.7 Å². The second kappa shape index (κ2) is 14.1. The van der Waals surface area contributed by atoms with E-state index < -0.39 is 24.9 Å². The zero-order chi connectivity index (χ0) is 19.0. The van der Waals surface area contributed by atoms with Crippen molar-refractivity contribution in [2.75, 3.05) is 13.2 Å². The van der Waals surface area contributed by atoms with E-state index in [9.17, 15) is 9.59 Å². The van der Waals surface area contributed by atoms with Gasteiger partial charge in [0.25, 0.3) is 0 Å². The fourth-order valence-corrected chi connectivity index (χ4v) is 1.86. The van der Waals surface area contributed by atoms with Crippen LogP contribution in [0.25, 0.3) is 0 Å². The quantitative estimate of drug-likeness (QED) is 0.317. The standard InChI is InChI=1S/C18H28O8/c1-3-5-7-9-11-21-17(19)25-15-13-24-16(14-23-15)26-18(20)22-12-10-8-6-4-2/h9-12,15-16H,3-8,13-14H2,1-2H3. The van der Waals surface area contributed by atoms with Crippen LogP contribution in [0.1, 0.15) is 52.4 Å². The number of hydrogen-bond donors (Lipinski definition) is 0. The van der Waals surface area contributed by atoms with E-state index >= 15 is 0 Å². The van der Waals surface area contributed by atoms with E-state index in [1.807, 2.05) is 0 Å². The lowest BCUT2D eigenvalue weighted by Gasteiger charge is -2.27. The van der Waals surface area contributed by atoms with Crippen LogP contribution in [-0.2, 0) is 28.4 Å². The van der Waals surface area contributed by atoms with Crippen LogP contribution in [0.15, 0.2) is 24.7 Å². The van der Waals surface area contributed by atoms with Gasteiger partial charge in [0.1, 0.15) is 13.2 Å². The summed E-state index contributed by atoms with van der Waals surface area (Å²) in [4.78, 5) is 22.9. The highest BCUT2D eigenvalue weighted by Crippen LogP contribution is 2.11. The van der Waals surface area contributed by atoms with Crippen molar-refractivity contribution in [1.82, 2.24) is 0 Å². The molecule has 8 nitrogen and oxygen atoms in total. The largest absolute Gasteiger partial charge is 0.515 e. The van der Waals surface area contributed by atoms with Crippen LogP contribution in [-0.4, -0.2) is 38.1 Å².